The molecule has 2 atom stereocenters. The Kier molecular flexibility index (Phi) is 7.60. The molecule has 3 aromatic rings. The second kappa shape index (κ2) is 10.6. The van der Waals surface area contributed by atoms with Crippen molar-refractivity contribution in [1.82, 2.24) is 24.9 Å². The fraction of sp³-hybridized carbons (Fsp3) is 0.381. The van der Waals surface area contributed by atoms with Gasteiger partial charge in [0.15, 0.2) is 0 Å². The Morgan fingerprint density at radius 1 is 1.14 bits per heavy atom. The molecule has 0 radical (unpaired) electrons. The van der Waals surface area contributed by atoms with Crippen molar-refractivity contribution in [2.45, 2.75) is 43.8 Å². The van der Waals surface area contributed by atoms with E-state index in [0.29, 0.717) is 17.4 Å². The molecule has 4 rings (SSSR count). The van der Waals surface area contributed by atoms with E-state index in [0.717, 1.165) is 12.8 Å². The monoisotopic (exact) mass is 516 g/mol. The van der Waals surface area contributed by atoms with Crippen molar-refractivity contribution in [3.8, 4) is 17.2 Å². The third kappa shape index (κ3) is 6.94. The maximum absolute atomic E-state index is 12.7. The third-order valence-corrected chi connectivity index (χ3v) is 7.13. The Hall–Kier alpha value is -3.13. The summed E-state index contributed by atoms with van der Waals surface area (Å²) in [4.78, 5) is 8.38. The summed E-state index contributed by atoms with van der Waals surface area (Å²) in [5.74, 6) is -1.05. The van der Waals surface area contributed by atoms with E-state index in [4.69, 9.17) is 4.42 Å². The fourth-order valence-electron chi connectivity index (χ4n) is 3.16. The van der Waals surface area contributed by atoms with E-state index < -0.39 is 18.7 Å². The lowest BCUT2D eigenvalue weighted by Gasteiger charge is -2.22. The van der Waals surface area contributed by atoms with Crippen molar-refractivity contribution >= 4 is 22.0 Å². The van der Waals surface area contributed by atoms with E-state index in [2.05, 4.69) is 40.3 Å². The Balaban J connectivity index is 1.50. The van der Waals surface area contributed by atoms with Crippen molar-refractivity contribution in [3.05, 3.63) is 48.1 Å². The number of alkyl halides is 5. The number of halogens is 5. The predicted octanol–water partition coefficient (Wildman–Crippen LogP) is 5.27. The van der Waals surface area contributed by atoms with Gasteiger partial charge in [-0.3, -0.25) is 4.72 Å². The number of nitrogens with one attached hydrogen (secondary N) is 2. The number of hydrogen-bond acceptors (Lipinski definition) is 8. The molecule has 188 valence electrons. The highest BCUT2D eigenvalue weighted by molar-refractivity contribution is 8.14. The van der Waals surface area contributed by atoms with Crippen LogP contribution in [0.15, 0.2) is 41.1 Å². The van der Waals surface area contributed by atoms with Gasteiger partial charge in [-0.1, -0.05) is 12.1 Å². The summed E-state index contributed by atoms with van der Waals surface area (Å²) in [7, 11) is -0.0905. The number of ether oxygens (including phenoxy) is 1. The molecular weight excluding hydrogens is 495 g/mol. The molecule has 1 saturated carbocycles. The minimum atomic E-state index is -4.78. The van der Waals surface area contributed by atoms with Crippen molar-refractivity contribution in [2.24, 2.45) is 0 Å². The summed E-state index contributed by atoms with van der Waals surface area (Å²) >= 11 is 0. The summed E-state index contributed by atoms with van der Waals surface area (Å²) in [5, 5.41) is 12.7. The van der Waals surface area contributed by atoms with Gasteiger partial charge < -0.3 is 14.5 Å². The highest BCUT2D eigenvalue weighted by Crippen LogP contribution is 2.37. The number of nitrogens with zero attached hydrogens (tertiary/aromatic N) is 4. The SMILES string of the molecule is C/C=S(\NCC(Nc1ncc(-c2nnc(C(F)F)o2)cn1)c1ccc(OC(F)(F)F)cc1)C1CC1. The normalized spacial score (nSPS) is 15.9. The van der Waals surface area contributed by atoms with Gasteiger partial charge in [0, 0.05) is 24.2 Å². The van der Waals surface area contributed by atoms with Gasteiger partial charge in [0.2, 0.25) is 5.95 Å². The van der Waals surface area contributed by atoms with Gasteiger partial charge in [-0.2, -0.15) is 8.78 Å². The molecule has 0 saturated heterocycles. The second-order valence-electron chi connectivity index (χ2n) is 7.51. The fourth-order valence-corrected chi connectivity index (χ4v) is 4.95. The number of anilines is 1. The van der Waals surface area contributed by atoms with Gasteiger partial charge in [-0.25, -0.2) is 9.97 Å². The molecule has 14 heteroatoms. The lowest BCUT2D eigenvalue weighted by atomic mass is 10.1. The Morgan fingerprint density at radius 2 is 1.83 bits per heavy atom. The van der Waals surface area contributed by atoms with Crippen LogP contribution in [0.5, 0.6) is 5.75 Å². The maximum atomic E-state index is 12.7. The van der Waals surface area contributed by atoms with Crippen LogP contribution < -0.4 is 14.8 Å². The number of benzene rings is 1. The zero-order chi connectivity index (χ0) is 25.0. The molecule has 2 aromatic heterocycles. The van der Waals surface area contributed by atoms with Crippen molar-refractivity contribution < 1.29 is 31.1 Å². The summed E-state index contributed by atoms with van der Waals surface area (Å²) in [6, 6.07) is 5.16. The average Bonchev–Trinajstić information content (AvgIpc) is 3.53. The first kappa shape index (κ1) is 25.0. The summed E-state index contributed by atoms with van der Waals surface area (Å²) < 4.78 is 75.2. The maximum Gasteiger partial charge on any atom is 0.573 e. The van der Waals surface area contributed by atoms with Gasteiger partial charge >= 0.3 is 12.8 Å². The van der Waals surface area contributed by atoms with Crippen LogP contribution in [0.4, 0.5) is 27.9 Å². The van der Waals surface area contributed by atoms with Crippen LogP contribution in [-0.2, 0) is 0 Å². The standard InChI is InChI=1S/C21H21F5N6O2S/c1-2-35(15-7-8-15)29-11-16(12-3-5-14(6-4-12)34-21(24,25)26)30-20-27-9-13(10-28-20)18-31-32-19(33-18)17(22)23/h2-6,9-10,15-17,29H,7-8,11H2,1H3,(H,27,28,30). The van der Waals surface area contributed by atoms with Crippen LogP contribution in [0.2, 0.25) is 0 Å². The highest BCUT2D eigenvalue weighted by atomic mass is 32.2. The molecule has 1 aliphatic rings. The van der Waals surface area contributed by atoms with Gasteiger partial charge in [0.25, 0.3) is 11.8 Å². The minimum absolute atomic E-state index is 0.0905. The zero-order valence-electron chi connectivity index (χ0n) is 18.3. The first-order chi connectivity index (χ1) is 16.7. The van der Waals surface area contributed by atoms with Gasteiger partial charge in [-0.05, 0) is 42.8 Å². The van der Waals surface area contributed by atoms with Crippen LogP contribution in [0, 0.1) is 0 Å². The molecule has 1 fully saturated rings. The first-order valence-corrected chi connectivity index (χ1v) is 11.9. The molecule has 35 heavy (non-hydrogen) atoms. The van der Waals surface area contributed by atoms with E-state index in [9.17, 15) is 22.0 Å². The summed E-state index contributed by atoms with van der Waals surface area (Å²) in [6.07, 6.45) is -2.68. The van der Waals surface area contributed by atoms with E-state index in [1.165, 1.54) is 36.7 Å². The molecular formula is C21H21F5N6O2S. The zero-order valence-corrected chi connectivity index (χ0v) is 19.1. The number of aromatic nitrogens is 4. The van der Waals surface area contributed by atoms with Crippen LogP contribution in [0.3, 0.4) is 0 Å². The van der Waals surface area contributed by atoms with Crippen molar-refractivity contribution in [1.29, 1.82) is 0 Å². The summed E-state index contributed by atoms with van der Waals surface area (Å²) in [6.45, 7) is 2.44. The molecule has 1 aliphatic carbocycles. The molecule has 2 N–H and O–H groups in total. The lowest BCUT2D eigenvalue weighted by molar-refractivity contribution is -0.274. The van der Waals surface area contributed by atoms with Crippen molar-refractivity contribution in [2.75, 3.05) is 11.9 Å². The molecule has 8 nitrogen and oxygen atoms in total. The van der Waals surface area contributed by atoms with E-state index in [1.54, 1.807) is 0 Å². The predicted molar refractivity (Wildman–Crippen MR) is 120 cm³/mol. The second-order valence-corrected chi connectivity index (χ2v) is 9.68. The molecule has 0 bridgehead atoms. The molecule has 1 aromatic carbocycles. The van der Waals surface area contributed by atoms with E-state index in [-0.39, 0.29) is 39.9 Å². The van der Waals surface area contributed by atoms with Gasteiger partial charge in [0.05, 0.1) is 11.6 Å². The Morgan fingerprint density at radius 3 is 2.37 bits per heavy atom. The average molecular weight is 516 g/mol. The Bertz CT molecular complexity index is 1150. The number of rotatable bonds is 10. The first-order valence-electron chi connectivity index (χ1n) is 10.5. The van der Waals surface area contributed by atoms with Gasteiger partial charge in [-0.15, -0.1) is 34.0 Å². The number of hydrogen-bond donors (Lipinski definition) is 2. The van der Waals surface area contributed by atoms with Crippen molar-refractivity contribution in [3.63, 3.8) is 0 Å². The molecule has 2 unspecified atom stereocenters. The van der Waals surface area contributed by atoms with E-state index in [1.807, 2.05) is 6.92 Å². The van der Waals surface area contributed by atoms with Crippen LogP contribution in [0.25, 0.3) is 11.5 Å². The van der Waals surface area contributed by atoms with Crippen LogP contribution in [-0.4, -0.2) is 43.7 Å². The van der Waals surface area contributed by atoms with Crippen LogP contribution >= 0.6 is 10.7 Å². The molecule has 0 aliphatic heterocycles. The molecule has 0 amide bonds. The van der Waals surface area contributed by atoms with Gasteiger partial charge in [0.1, 0.15) is 5.75 Å². The topological polar surface area (TPSA) is 98.0 Å². The largest absolute Gasteiger partial charge is 0.573 e. The minimum Gasteiger partial charge on any atom is -0.415 e. The van der Waals surface area contributed by atoms with E-state index >= 15 is 0 Å². The molecule has 2 heterocycles. The van der Waals surface area contributed by atoms with Crippen LogP contribution in [0.1, 0.15) is 43.7 Å². The molecule has 0 spiro atoms. The smallest absolute Gasteiger partial charge is 0.415 e. The third-order valence-electron chi connectivity index (χ3n) is 4.94. The quantitative estimate of drug-likeness (QED) is 0.278. The summed E-state index contributed by atoms with van der Waals surface area (Å²) in [5.41, 5.74) is 0.947. The Labute approximate surface area is 199 Å². The highest BCUT2D eigenvalue weighted by Gasteiger charge is 2.31. The lowest BCUT2D eigenvalue weighted by Crippen LogP contribution is -2.25.